The predicted molar refractivity (Wildman–Crippen MR) is 127 cm³/mol. The summed E-state index contributed by atoms with van der Waals surface area (Å²) in [6, 6.07) is 23.1. The van der Waals surface area contributed by atoms with Gasteiger partial charge in [0.25, 0.3) is 5.91 Å². The van der Waals surface area contributed by atoms with Crippen molar-refractivity contribution < 1.29 is 19.0 Å². The Balaban J connectivity index is 1.51. The van der Waals surface area contributed by atoms with Crippen LogP contribution in [0.1, 0.15) is 18.1 Å². The van der Waals surface area contributed by atoms with Crippen molar-refractivity contribution in [3.63, 3.8) is 0 Å². The smallest absolute Gasteiger partial charge is 0.262 e. The van der Waals surface area contributed by atoms with Gasteiger partial charge in [-0.15, -0.1) is 0 Å². The topological polar surface area (TPSA) is 68.8 Å². The molecule has 3 rings (SSSR count). The van der Waals surface area contributed by atoms with Crippen LogP contribution in [0.25, 0.3) is 0 Å². The number of methoxy groups -OCH3 is 1. The van der Waals surface area contributed by atoms with Crippen molar-refractivity contribution >= 4 is 11.6 Å². The lowest BCUT2D eigenvalue weighted by Crippen LogP contribution is -2.20. The molecule has 0 fully saturated rings. The molecule has 0 saturated carbocycles. The number of para-hydroxylation sites is 2. The fourth-order valence-corrected chi connectivity index (χ4v) is 3.28. The largest absolute Gasteiger partial charge is 0.496 e. The monoisotopic (exact) mass is 434 g/mol. The number of rotatable bonds is 12. The first-order chi connectivity index (χ1) is 15.7. The second-order valence-corrected chi connectivity index (χ2v) is 7.16. The van der Waals surface area contributed by atoms with Crippen LogP contribution in [-0.4, -0.2) is 32.8 Å². The average Bonchev–Trinajstić information content (AvgIpc) is 2.82. The number of hydrogen-bond donors (Lipinski definition) is 2. The number of hydrogen-bond acceptors (Lipinski definition) is 5. The molecule has 32 heavy (non-hydrogen) atoms. The van der Waals surface area contributed by atoms with Gasteiger partial charge in [-0.05, 0) is 61.3 Å². The molecule has 0 bridgehead atoms. The lowest BCUT2D eigenvalue weighted by molar-refractivity contribution is -0.118. The van der Waals surface area contributed by atoms with Gasteiger partial charge in [0.15, 0.2) is 18.1 Å². The van der Waals surface area contributed by atoms with Gasteiger partial charge in [0, 0.05) is 12.2 Å². The summed E-state index contributed by atoms with van der Waals surface area (Å²) in [5.41, 5.74) is 2.99. The number of anilines is 1. The highest BCUT2D eigenvalue weighted by Gasteiger charge is 2.10. The van der Waals surface area contributed by atoms with E-state index in [2.05, 4.69) is 16.7 Å². The van der Waals surface area contributed by atoms with E-state index in [1.54, 1.807) is 7.11 Å². The minimum Gasteiger partial charge on any atom is -0.496 e. The summed E-state index contributed by atoms with van der Waals surface area (Å²) in [4.78, 5) is 12.2. The van der Waals surface area contributed by atoms with Crippen molar-refractivity contribution in [3.8, 4) is 17.2 Å². The van der Waals surface area contributed by atoms with Crippen molar-refractivity contribution in [2.75, 3.05) is 32.2 Å². The number of benzene rings is 3. The van der Waals surface area contributed by atoms with Crippen LogP contribution in [0, 0.1) is 0 Å². The Hall–Kier alpha value is -3.51. The lowest BCUT2D eigenvalue weighted by Gasteiger charge is -2.14. The number of carbonyl (C=O) groups excluding carboxylic acids is 1. The maximum absolute atomic E-state index is 12.2. The van der Waals surface area contributed by atoms with Crippen LogP contribution in [0.15, 0.2) is 72.8 Å². The Morgan fingerprint density at radius 2 is 1.66 bits per heavy atom. The van der Waals surface area contributed by atoms with E-state index in [9.17, 15) is 4.79 Å². The molecule has 1 amide bonds. The SMILES string of the molecule is CCOc1cc(CNCCc2ccccc2OC)ccc1OCC(=O)Nc1ccccc1. The van der Waals surface area contributed by atoms with Crippen LogP contribution in [0.3, 0.4) is 0 Å². The molecular formula is C26H30N2O4. The zero-order valence-corrected chi connectivity index (χ0v) is 18.6. The maximum Gasteiger partial charge on any atom is 0.262 e. The number of amides is 1. The first-order valence-electron chi connectivity index (χ1n) is 10.8. The summed E-state index contributed by atoms with van der Waals surface area (Å²) in [7, 11) is 1.69. The minimum absolute atomic E-state index is 0.0918. The van der Waals surface area contributed by atoms with Gasteiger partial charge in [-0.25, -0.2) is 0 Å². The third-order valence-corrected chi connectivity index (χ3v) is 4.82. The molecule has 6 heteroatoms. The molecule has 168 valence electrons. The Labute approximate surface area is 189 Å². The van der Waals surface area contributed by atoms with Crippen molar-refractivity contribution in [2.24, 2.45) is 0 Å². The van der Waals surface area contributed by atoms with Crippen LogP contribution >= 0.6 is 0 Å². The zero-order chi connectivity index (χ0) is 22.6. The molecule has 0 unspecified atom stereocenters. The summed E-state index contributed by atoms with van der Waals surface area (Å²) >= 11 is 0. The van der Waals surface area contributed by atoms with E-state index in [0.29, 0.717) is 24.7 Å². The van der Waals surface area contributed by atoms with Gasteiger partial charge in [-0.1, -0.05) is 42.5 Å². The number of nitrogens with one attached hydrogen (secondary N) is 2. The molecule has 3 aromatic carbocycles. The van der Waals surface area contributed by atoms with Crippen LogP contribution in [0.2, 0.25) is 0 Å². The van der Waals surface area contributed by atoms with Crippen molar-refractivity contribution in [1.82, 2.24) is 5.32 Å². The molecule has 0 heterocycles. The zero-order valence-electron chi connectivity index (χ0n) is 18.6. The first-order valence-corrected chi connectivity index (χ1v) is 10.8. The Morgan fingerprint density at radius 1 is 0.875 bits per heavy atom. The quantitative estimate of drug-likeness (QED) is 0.413. The van der Waals surface area contributed by atoms with E-state index in [1.807, 2.05) is 73.7 Å². The molecule has 0 aliphatic heterocycles. The molecule has 0 aliphatic carbocycles. The van der Waals surface area contributed by atoms with Gasteiger partial charge in [0.05, 0.1) is 13.7 Å². The molecule has 3 aromatic rings. The summed E-state index contributed by atoms with van der Waals surface area (Å²) < 4.78 is 16.9. The first kappa shape index (κ1) is 23.2. The Morgan fingerprint density at radius 3 is 2.44 bits per heavy atom. The third kappa shape index (κ3) is 7.03. The summed E-state index contributed by atoms with van der Waals surface area (Å²) in [6.07, 6.45) is 0.875. The van der Waals surface area contributed by atoms with Crippen molar-refractivity contribution in [3.05, 3.63) is 83.9 Å². The second-order valence-electron chi connectivity index (χ2n) is 7.16. The number of carbonyl (C=O) groups is 1. The van der Waals surface area contributed by atoms with Crippen molar-refractivity contribution in [2.45, 2.75) is 19.9 Å². The van der Waals surface area contributed by atoms with Crippen molar-refractivity contribution in [1.29, 1.82) is 0 Å². The van der Waals surface area contributed by atoms with Crippen LogP contribution < -0.4 is 24.8 Å². The summed E-state index contributed by atoms with van der Waals surface area (Å²) in [5.74, 6) is 1.86. The third-order valence-electron chi connectivity index (χ3n) is 4.82. The van der Waals surface area contributed by atoms with Gasteiger partial charge >= 0.3 is 0 Å². The van der Waals surface area contributed by atoms with Gasteiger partial charge < -0.3 is 24.8 Å². The lowest BCUT2D eigenvalue weighted by atomic mass is 10.1. The standard InChI is InChI=1S/C26H30N2O4/c1-3-31-25-17-20(18-27-16-15-21-9-7-8-12-23(21)30-2)13-14-24(25)32-19-26(29)28-22-10-5-4-6-11-22/h4-14,17,27H,3,15-16,18-19H2,1-2H3,(H,28,29). The molecular weight excluding hydrogens is 404 g/mol. The molecule has 0 radical (unpaired) electrons. The van der Waals surface area contributed by atoms with E-state index >= 15 is 0 Å². The van der Waals surface area contributed by atoms with E-state index in [1.165, 1.54) is 5.56 Å². The van der Waals surface area contributed by atoms with E-state index in [4.69, 9.17) is 14.2 Å². The van der Waals surface area contributed by atoms with E-state index in [-0.39, 0.29) is 12.5 Å². The fourth-order valence-electron chi connectivity index (χ4n) is 3.28. The fraction of sp³-hybridized carbons (Fsp3) is 0.269. The highest BCUT2D eigenvalue weighted by atomic mass is 16.5. The number of ether oxygens (including phenoxy) is 3. The molecule has 0 spiro atoms. The molecule has 0 aliphatic rings. The minimum atomic E-state index is -0.222. The molecule has 0 aromatic heterocycles. The van der Waals surface area contributed by atoms with Gasteiger partial charge in [-0.3, -0.25) is 4.79 Å². The van der Waals surface area contributed by atoms with E-state index < -0.39 is 0 Å². The normalized spacial score (nSPS) is 10.4. The van der Waals surface area contributed by atoms with Crippen LogP contribution in [-0.2, 0) is 17.8 Å². The summed E-state index contributed by atoms with van der Waals surface area (Å²) in [6.45, 7) is 3.86. The highest BCUT2D eigenvalue weighted by molar-refractivity contribution is 5.91. The van der Waals surface area contributed by atoms with Gasteiger partial charge in [0.1, 0.15) is 5.75 Å². The second kappa shape index (κ2) is 12.4. The molecule has 6 nitrogen and oxygen atoms in total. The predicted octanol–water partition coefficient (Wildman–Crippen LogP) is 4.44. The van der Waals surface area contributed by atoms with E-state index in [0.717, 1.165) is 30.0 Å². The Kier molecular flexibility index (Phi) is 8.95. The Bertz CT molecular complexity index is 992. The summed E-state index contributed by atoms with van der Waals surface area (Å²) in [5, 5.41) is 6.26. The maximum atomic E-state index is 12.2. The van der Waals surface area contributed by atoms with Gasteiger partial charge in [-0.2, -0.15) is 0 Å². The molecule has 0 saturated heterocycles. The van der Waals surface area contributed by atoms with Gasteiger partial charge in [0.2, 0.25) is 0 Å². The highest BCUT2D eigenvalue weighted by Crippen LogP contribution is 2.28. The average molecular weight is 435 g/mol. The molecule has 2 N–H and O–H groups in total. The molecule has 0 atom stereocenters. The van der Waals surface area contributed by atoms with Crippen LogP contribution in [0.5, 0.6) is 17.2 Å². The van der Waals surface area contributed by atoms with Crippen LogP contribution in [0.4, 0.5) is 5.69 Å².